The van der Waals surface area contributed by atoms with E-state index in [0.29, 0.717) is 5.69 Å². The molecular weight excluding hydrogens is 368 g/mol. The molecule has 3 amide bonds. The summed E-state index contributed by atoms with van der Waals surface area (Å²) in [6, 6.07) is -3.86. The summed E-state index contributed by atoms with van der Waals surface area (Å²) in [6.07, 6.45) is 3.25. The number of H-pyrrole nitrogens is 1. The summed E-state index contributed by atoms with van der Waals surface area (Å²) in [5, 5.41) is 16.2. The quantitative estimate of drug-likeness (QED) is 0.279. The Morgan fingerprint density at radius 2 is 1.64 bits per heavy atom. The number of carbonyl (C=O) groups is 4. The molecule has 1 aromatic rings. The van der Waals surface area contributed by atoms with Crippen molar-refractivity contribution in [2.24, 2.45) is 11.7 Å². The van der Waals surface area contributed by atoms with Gasteiger partial charge in [-0.1, -0.05) is 13.8 Å². The Hall–Kier alpha value is -2.95. The number of rotatable bonds is 10. The second-order valence-corrected chi connectivity index (χ2v) is 6.92. The van der Waals surface area contributed by atoms with Crippen LogP contribution in [0.4, 0.5) is 0 Å². The highest BCUT2D eigenvalue weighted by Crippen LogP contribution is 2.04. The van der Waals surface area contributed by atoms with Crippen molar-refractivity contribution in [2.75, 3.05) is 0 Å². The van der Waals surface area contributed by atoms with E-state index >= 15 is 0 Å². The summed E-state index contributed by atoms with van der Waals surface area (Å²) in [7, 11) is 0. The first-order chi connectivity index (χ1) is 13.0. The van der Waals surface area contributed by atoms with Gasteiger partial charge in [0, 0.05) is 18.3 Å². The molecule has 0 fully saturated rings. The van der Waals surface area contributed by atoms with Gasteiger partial charge in [0.1, 0.15) is 18.1 Å². The number of hydrogen-bond donors (Lipinski definition) is 6. The number of imidazole rings is 1. The van der Waals surface area contributed by atoms with Crippen LogP contribution in [0.3, 0.4) is 0 Å². The van der Waals surface area contributed by atoms with Crippen molar-refractivity contribution in [3.05, 3.63) is 18.2 Å². The van der Waals surface area contributed by atoms with E-state index in [4.69, 9.17) is 10.8 Å². The SMILES string of the molecule is CC(NC(=O)C(NC(=O)C(C)NC(=O)C(N)Cc1cnc[nH]1)C(C)C)C(=O)O. The molecule has 0 aliphatic heterocycles. The molecule has 11 nitrogen and oxygen atoms in total. The second kappa shape index (κ2) is 10.4. The maximum absolute atomic E-state index is 12.4. The Bertz CT molecular complexity index is 690. The molecule has 11 heteroatoms. The summed E-state index contributed by atoms with van der Waals surface area (Å²) in [6.45, 7) is 6.20. The zero-order valence-corrected chi connectivity index (χ0v) is 16.4. The maximum atomic E-state index is 12.4. The number of carbonyl (C=O) groups excluding carboxylic acids is 3. The van der Waals surface area contributed by atoms with E-state index in [0.717, 1.165) is 0 Å². The Kier molecular flexibility index (Phi) is 8.58. The second-order valence-electron chi connectivity index (χ2n) is 6.92. The highest BCUT2D eigenvalue weighted by atomic mass is 16.4. The predicted octanol–water partition coefficient (Wildman–Crippen LogP) is -1.49. The van der Waals surface area contributed by atoms with Gasteiger partial charge in [-0.05, 0) is 19.8 Å². The lowest BCUT2D eigenvalue weighted by Gasteiger charge is -2.25. The number of carboxylic acids is 1. The molecule has 0 bridgehead atoms. The van der Waals surface area contributed by atoms with Gasteiger partial charge in [-0.25, -0.2) is 4.98 Å². The molecule has 28 heavy (non-hydrogen) atoms. The molecule has 0 spiro atoms. The van der Waals surface area contributed by atoms with E-state index in [9.17, 15) is 19.2 Å². The van der Waals surface area contributed by atoms with Crippen LogP contribution in [0, 0.1) is 5.92 Å². The Morgan fingerprint density at radius 1 is 1.04 bits per heavy atom. The number of hydrogen-bond acceptors (Lipinski definition) is 6. The van der Waals surface area contributed by atoms with E-state index in [1.54, 1.807) is 20.0 Å². The van der Waals surface area contributed by atoms with Crippen LogP contribution in [0.5, 0.6) is 0 Å². The molecule has 0 aliphatic carbocycles. The minimum Gasteiger partial charge on any atom is -0.480 e. The third-order valence-electron chi connectivity index (χ3n) is 4.06. The Labute approximate surface area is 162 Å². The first-order valence-electron chi connectivity index (χ1n) is 8.89. The van der Waals surface area contributed by atoms with Crippen LogP contribution >= 0.6 is 0 Å². The van der Waals surface area contributed by atoms with Crippen LogP contribution in [0.2, 0.25) is 0 Å². The van der Waals surface area contributed by atoms with E-state index < -0.39 is 47.9 Å². The number of aliphatic carboxylic acids is 1. The average molecular weight is 396 g/mol. The van der Waals surface area contributed by atoms with Crippen molar-refractivity contribution < 1.29 is 24.3 Å². The molecule has 156 valence electrons. The molecule has 1 aromatic heterocycles. The van der Waals surface area contributed by atoms with Gasteiger partial charge < -0.3 is 31.8 Å². The van der Waals surface area contributed by atoms with Crippen LogP contribution in [0.15, 0.2) is 12.5 Å². The molecule has 4 unspecified atom stereocenters. The van der Waals surface area contributed by atoms with Crippen molar-refractivity contribution in [1.29, 1.82) is 0 Å². The Morgan fingerprint density at radius 3 is 2.14 bits per heavy atom. The average Bonchev–Trinajstić information content (AvgIpc) is 3.11. The van der Waals surface area contributed by atoms with Crippen LogP contribution < -0.4 is 21.7 Å². The third-order valence-corrected chi connectivity index (χ3v) is 4.06. The summed E-state index contributed by atoms with van der Waals surface area (Å²) in [5.41, 5.74) is 6.51. The third kappa shape index (κ3) is 6.99. The highest BCUT2D eigenvalue weighted by molar-refractivity contribution is 5.93. The molecule has 1 heterocycles. The van der Waals surface area contributed by atoms with Crippen LogP contribution in [0.25, 0.3) is 0 Å². The molecule has 4 atom stereocenters. The van der Waals surface area contributed by atoms with E-state index in [1.165, 1.54) is 20.2 Å². The number of carboxylic acid groups (broad SMARTS) is 1. The number of aromatic nitrogens is 2. The summed E-state index contributed by atoms with van der Waals surface area (Å²) < 4.78 is 0. The fraction of sp³-hybridized carbons (Fsp3) is 0.588. The number of nitrogens with two attached hydrogens (primary N) is 1. The number of nitrogens with one attached hydrogen (secondary N) is 4. The van der Waals surface area contributed by atoms with Gasteiger partial charge in [0.2, 0.25) is 17.7 Å². The lowest BCUT2D eigenvalue weighted by atomic mass is 10.0. The monoisotopic (exact) mass is 396 g/mol. The number of amides is 3. The van der Waals surface area contributed by atoms with Gasteiger partial charge in [0.15, 0.2) is 0 Å². The van der Waals surface area contributed by atoms with Crippen molar-refractivity contribution in [1.82, 2.24) is 25.9 Å². The van der Waals surface area contributed by atoms with Crippen molar-refractivity contribution >= 4 is 23.7 Å². The first kappa shape index (κ1) is 23.1. The molecule has 0 saturated carbocycles. The predicted molar refractivity (Wildman–Crippen MR) is 99.9 cm³/mol. The smallest absolute Gasteiger partial charge is 0.325 e. The minimum absolute atomic E-state index is 0.226. The molecule has 0 aromatic carbocycles. The Balaban J connectivity index is 2.62. The van der Waals surface area contributed by atoms with Crippen molar-refractivity contribution in [3.8, 4) is 0 Å². The number of aromatic amines is 1. The summed E-state index contributed by atoms with van der Waals surface area (Å²) >= 11 is 0. The van der Waals surface area contributed by atoms with Crippen molar-refractivity contribution in [2.45, 2.75) is 58.3 Å². The van der Waals surface area contributed by atoms with Crippen molar-refractivity contribution in [3.63, 3.8) is 0 Å². The maximum Gasteiger partial charge on any atom is 0.325 e. The highest BCUT2D eigenvalue weighted by Gasteiger charge is 2.29. The van der Waals surface area contributed by atoms with Gasteiger partial charge >= 0.3 is 5.97 Å². The fourth-order valence-electron chi connectivity index (χ4n) is 2.29. The fourth-order valence-corrected chi connectivity index (χ4v) is 2.29. The lowest BCUT2D eigenvalue weighted by molar-refractivity contribution is -0.142. The largest absolute Gasteiger partial charge is 0.480 e. The minimum atomic E-state index is -1.19. The molecule has 7 N–H and O–H groups in total. The van der Waals surface area contributed by atoms with Gasteiger partial charge in [-0.3, -0.25) is 19.2 Å². The molecule has 0 aliphatic rings. The van der Waals surface area contributed by atoms with E-state index in [1.807, 2.05) is 0 Å². The number of nitrogens with zero attached hydrogens (tertiary/aromatic N) is 1. The zero-order chi connectivity index (χ0) is 21.4. The van der Waals surface area contributed by atoms with E-state index in [-0.39, 0.29) is 12.3 Å². The van der Waals surface area contributed by atoms with Gasteiger partial charge in [-0.15, -0.1) is 0 Å². The lowest BCUT2D eigenvalue weighted by Crippen LogP contribution is -2.57. The standard InChI is InChI=1S/C17H28N6O5/c1-8(2)13(16(26)22-10(4)17(27)28)23-14(24)9(3)21-15(25)12(18)5-11-6-19-7-20-11/h6-10,12-13H,5,18H2,1-4H3,(H,19,20)(H,21,25)(H,22,26)(H,23,24)(H,27,28). The van der Waals surface area contributed by atoms with Gasteiger partial charge in [0.25, 0.3) is 0 Å². The molecule has 1 rings (SSSR count). The van der Waals surface area contributed by atoms with Crippen LogP contribution in [0.1, 0.15) is 33.4 Å². The topological polar surface area (TPSA) is 179 Å². The molecular formula is C17H28N6O5. The summed E-state index contributed by atoms with van der Waals surface area (Å²) in [4.78, 5) is 54.4. The van der Waals surface area contributed by atoms with Gasteiger partial charge in [0.05, 0.1) is 12.4 Å². The first-order valence-corrected chi connectivity index (χ1v) is 8.89. The normalized spacial score (nSPS) is 15.2. The van der Waals surface area contributed by atoms with Gasteiger partial charge in [-0.2, -0.15) is 0 Å². The van der Waals surface area contributed by atoms with Crippen LogP contribution in [-0.4, -0.2) is 62.9 Å². The molecule has 0 radical (unpaired) electrons. The molecule has 0 saturated heterocycles. The van der Waals surface area contributed by atoms with Crippen LogP contribution in [-0.2, 0) is 25.6 Å². The summed E-state index contributed by atoms with van der Waals surface area (Å²) in [5.74, 6) is -3.21. The zero-order valence-electron chi connectivity index (χ0n) is 16.4. The van der Waals surface area contributed by atoms with E-state index in [2.05, 4.69) is 25.9 Å².